The second kappa shape index (κ2) is 8.92. The standard InChI is InChI=1S/C19H20N4O2.ClH/c1-21-19(20)23-18(24)17-11-14-7-8-15(12-16(14)22-17)25-10-9-13-5-3-2-4-6-13;/h2-8,11-12,22H,9-10H2,1H3,(H3,20,21,23,24);1H. The van der Waals surface area contributed by atoms with Gasteiger partial charge >= 0.3 is 0 Å². The zero-order chi connectivity index (χ0) is 17.6. The predicted molar refractivity (Wildman–Crippen MR) is 106 cm³/mol. The number of carbonyl (C=O) groups excluding carboxylic acids is 1. The van der Waals surface area contributed by atoms with Crippen molar-refractivity contribution in [2.75, 3.05) is 13.7 Å². The minimum Gasteiger partial charge on any atom is -0.493 e. The van der Waals surface area contributed by atoms with E-state index in [4.69, 9.17) is 10.5 Å². The van der Waals surface area contributed by atoms with E-state index in [0.717, 1.165) is 23.1 Å². The molecular weight excluding hydrogens is 352 g/mol. The van der Waals surface area contributed by atoms with Gasteiger partial charge < -0.3 is 15.5 Å². The number of nitrogens with zero attached hydrogens (tertiary/aromatic N) is 1. The van der Waals surface area contributed by atoms with Crippen LogP contribution in [0.2, 0.25) is 0 Å². The van der Waals surface area contributed by atoms with Crippen LogP contribution in [0, 0.1) is 0 Å². The molecule has 3 aromatic rings. The maximum absolute atomic E-state index is 12.1. The van der Waals surface area contributed by atoms with Crippen LogP contribution >= 0.6 is 12.4 Å². The molecule has 0 unspecified atom stereocenters. The zero-order valence-corrected chi connectivity index (χ0v) is 15.2. The summed E-state index contributed by atoms with van der Waals surface area (Å²) in [6.45, 7) is 0.590. The number of benzene rings is 2. The molecule has 1 aromatic heterocycles. The van der Waals surface area contributed by atoms with Crippen molar-refractivity contribution in [2.24, 2.45) is 10.7 Å². The molecule has 26 heavy (non-hydrogen) atoms. The number of guanidine groups is 1. The number of nitrogens with two attached hydrogens (primary N) is 1. The molecule has 0 aliphatic heterocycles. The van der Waals surface area contributed by atoms with E-state index >= 15 is 0 Å². The lowest BCUT2D eigenvalue weighted by molar-refractivity contribution is 0.0972. The number of carbonyl (C=O) groups is 1. The van der Waals surface area contributed by atoms with E-state index in [1.165, 1.54) is 12.6 Å². The number of amides is 1. The second-order valence-corrected chi connectivity index (χ2v) is 5.58. The summed E-state index contributed by atoms with van der Waals surface area (Å²) in [5.41, 5.74) is 8.00. The first-order valence-electron chi connectivity index (χ1n) is 7.99. The Morgan fingerprint density at radius 3 is 2.69 bits per heavy atom. The first-order chi connectivity index (χ1) is 12.2. The van der Waals surface area contributed by atoms with Crippen LogP contribution in [0.4, 0.5) is 0 Å². The summed E-state index contributed by atoms with van der Waals surface area (Å²) < 4.78 is 5.81. The average molecular weight is 373 g/mol. The van der Waals surface area contributed by atoms with E-state index in [-0.39, 0.29) is 24.3 Å². The summed E-state index contributed by atoms with van der Waals surface area (Å²) in [6.07, 6.45) is 0.840. The highest BCUT2D eigenvalue weighted by Crippen LogP contribution is 2.21. The molecule has 0 saturated carbocycles. The van der Waals surface area contributed by atoms with Crippen LogP contribution in [-0.4, -0.2) is 30.5 Å². The largest absolute Gasteiger partial charge is 0.493 e. The molecule has 0 saturated heterocycles. The lowest BCUT2D eigenvalue weighted by Gasteiger charge is -2.06. The molecule has 0 radical (unpaired) electrons. The Labute approximate surface area is 157 Å². The van der Waals surface area contributed by atoms with Crippen LogP contribution in [0.3, 0.4) is 0 Å². The second-order valence-electron chi connectivity index (χ2n) is 5.58. The van der Waals surface area contributed by atoms with E-state index in [1.54, 1.807) is 6.07 Å². The zero-order valence-electron chi connectivity index (χ0n) is 14.4. The molecule has 0 spiro atoms. The topological polar surface area (TPSA) is 92.5 Å². The van der Waals surface area contributed by atoms with Gasteiger partial charge in [0.2, 0.25) is 0 Å². The normalized spacial score (nSPS) is 11.0. The molecule has 1 amide bonds. The Bertz CT molecular complexity index is 906. The van der Waals surface area contributed by atoms with Crippen molar-refractivity contribution in [2.45, 2.75) is 6.42 Å². The Kier molecular flexibility index (Phi) is 6.63. The van der Waals surface area contributed by atoms with Gasteiger partial charge in [0.25, 0.3) is 5.91 Å². The number of aromatic nitrogens is 1. The van der Waals surface area contributed by atoms with Gasteiger partial charge in [0.1, 0.15) is 11.4 Å². The van der Waals surface area contributed by atoms with Crippen molar-refractivity contribution in [3.63, 3.8) is 0 Å². The molecule has 6 nitrogen and oxygen atoms in total. The summed E-state index contributed by atoms with van der Waals surface area (Å²) in [5, 5.41) is 3.42. The average Bonchev–Trinajstić information content (AvgIpc) is 3.06. The lowest BCUT2D eigenvalue weighted by atomic mass is 10.2. The molecule has 2 aromatic carbocycles. The van der Waals surface area contributed by atoms with Crippen LogP contribution in [0.5, 0.6) is 5.75 Å². The van der Waals surface area contributed by atoms with Gasteiger partial charge in [0.05, 0.1) is 6.61 Å². The number of aliphatic imine (C=N–C) groups is 1. The van der Waals surface area contributed by atoms with Crippen molar-refractivity contribution >= 4 is 35.2 Å². The van der Waals surface area contributed by atoms with E-state index in [1.807, 2.05) is 36.4 Å². The quantitative estimate of drug-likeness (QED) is 0.475. The molecule has 7 heteroatoms. The third-order valence-corrected chi connectivity index (χ3v) is 3.82. The van der Waals surface area contributed by atoms with Crippen molar-refractivity contribution in [3.8, 4) is 5.75 Å². The van der Waals surface area contributed by atoms with Gasteiger partial charge in [-0.1, -0.05) is 30.3 Å². The number of H-pyrrole nitrogens is 1. The fourth-order valence-electron chi connectivity index (χ4n) is 2.49. The summed E-state index contributed by atoms with van der Waals surface area (Å²) in [4.78, 5) is 18.8. The molecule has 3 rings (SSSR count). The number of nitrogens with one attached hydrogen (secondary N) is 2. The van der Waals surface area contributed by atoms with Crippen LogP contribution in [-0.2, 0) is 6.42 Å². The van der Waals surface area contributed by atoms with Gasteiger partial charge in [0.15, 0.2) is 5.96 Å². The monoisotopic (exact) mass is 372 g/mol. The van der Waals surface area contributed by atoms with Crippen LogP contribution < -0.4 is 15.8 Å². The highest BCUT2D eigenvalue weighted by Gasteiger charge is 2.11. The van der Waals surface area contributed by atoms with Crippen LogP contribution in [0.1, 0.15) is 16.1 Å². The van der Waals surface area contributed by atoms with E-state index in [2.05, 4.69) is 27.4 Å². The smallest absolute Gasteiger partial charge is 0.274 e. The van der Waals surface area contributed by atoms with Gasteiger partial charge in [-0.15, -0.1) is 12.4 Å². The van der Waals surface area contributed by atoms with Gasteiger partial charge in [0, 0.05) is 30.4 Å². The maximum Gasteiger partial charge on any atom is 0.274 e. The van der Waals surface area contributed by atoms with Gasteiger partial charge in [-0.3, -0.25) is 15.1 Å². The van der Waals surface area contributed by atoms with Crippen molar-refractivity contribution < 1.29 is 9.53 Å². The van der Waals surface area contributed by atoms with Crippen LogP contribution in [0.15, 0.2) is 59.6 Å². The van der Waals surface area contributed by atoms with Crippen LogP contribution in [0.25, 0.3) is 10.9 Å². The first kappa shape index (κ1) is 19.3. The predicted octanol–water partition coefficient (Wildman–Crippen LogP) is 2.89. The third-order valence-electron chi connectivity index (χ3n) is 3.82. The van der Waals surface area contributed by atoms with E-state index < -0.39 is 0 Å². The molecule has 1 heterocycles. The molecule has 0 aliphatic rings. The Morgan fingerprint density at radius 1 is 1.19 bits per heavy atom. The Balaban J connectivity index is 0.00000243. The van der Waals surface area contributed by atoms with Crippen molar-refractivity contribution in [1.29, 1.82) is 0 Å². The number of aromatic amines is 1. The molecule has 0 atom stereocenters. The highest BCUT2D eigenvalue weighted by molar-refractivity contribution is 6.06. The van der Waals surface area contributed by atoms with Gasteiger partial charge in [-0.05, 0) is 23.8 Å². The highest BCUT2D eigenvalue weighted by atomic mass is 35.5. The first-order valence-corrected chi connectivity index (χ1v) is 7.99. The minimum absolute atomic E-state index is 0. The molecular formula is C19H21ClN4O2. The summed E-state index contributed by atoms with van der Waals surface area (Å²) in [7, 11) is 1.51. The fraction of sp³-hybridized carbons (Fsp3) is 0.158. The molecule has 0 bridgehead atoms. The number of rotatable bonds is 5. The summed E-state index contributed by atoms with van der Waals surface area (Å²) >= 11 is 0. The number of hydrogen-bond acceptors (Lipinski definition) is 3. The summed E-state index contributed by atoms with van der Waals surface area (Å²) in [5.74, 6) is 0.506. The van der Waals surface area contributed by atoms with Gasteiger partial charge in [-0.25, -0.2) is 0 Å². The third kappa shape index (κ3) is 4.77. The maximum atomic E-state index is 12.1. The minimum atomic E-state index is -0.328. The van der Waals surface area contributed by atoms with E-state index in [0.29, 0.717) is 12.3 Å². The van der Waals surface area contributed by atoms with Crippen molar-refractivity contribution in [1.82, 2.24) is 10.3 Å². The Hall–Kier alpha value is -2.99. The molecule has 136 valence electrons. The fourth-order valence-corrected chi connectivity index (χ4v) is 2.49. The number of hydrogen-bond donors (Lipinski definition) is 3. The number of ether oxygens (including phenoxy) is 1. The molecule has 4 N–H and O–H groups in total. The van der Waals surface area contributed by atoms with Gasteiger partial charge in [-0.2, -0.15) is 0 Å². The number of fused-ring (bicyclic) bond motifs is 1. The van der Waals surface area contributed by atoms with E-state index in [9.17, 15) is 4.79 Å². The molecule has 0 fully saturated rings. The SMILES string of the molecule is CN=C(N)NC(=O)c1cc2ccc(OCCc3ccccc3)cc2[nH]1.Cl. The summed E-state index contributed by atoms with van der Waals surface area (Å²) in [6, 6.07) is 17.6. The molecule has 0 aliphatic carbocycles. The lowest BCUT2D eigenvalue weighted by Crippen LogP contribution is -2.36. The van der Waals surface area contributed by atoms with Crippen molar-refractivity contribution in [3.05, 3.63) is 65.9 Å². The Morgan fingerprint density at radius 2 is 1.96 bits per heavy atom. The number of halogens is 1.